The summed E-state index contributed by atoms with van der Waals surface area (Å²) in [5, 5.41) is 10.2. The van der Waals surface area contributed by atoms with Gasteiger partial charge in [0.15, 0.2) is 11.6 Å². The molecule has 40 heavy (non-hydrogen) atoms. The number of ether oxygens (including phenoxy) is 1. The van der Waals surface area contributed by atoms with Crippen LogP contribution in [-0.4, -0.2) is 11.7 Å². The highest BCUT2D eigenvalue weighted by Crippen LogP contribution is 2.40. The molecule has 0 spiro atoms. The third kappa shape index (κ3) is 7.57. The molecule has 0 aliphatic heterocycles. The zero-order valence-corrected chi connectivity index (χ0v) is 23.5. The van der Waals surface area contributed by atoms with E-state index in [1.165, 1.54) is 6.07 Å². The normalized spacial score (nSPS) is 17.9. The minimum Gasteiger partial charge on any atom is -0.493 e. The van der Waals surface area contributed by atoms with Crippen LogP contribution in [0.2, 0.25) is 0 Å². The number of halogens is 3. The van der Waals surface area contributed by atoms with Crippen LogP contribution in [-0.2, 0) is 6.42 Å². The lowest BCUT2D eigenvalue weighted by Crippen LogP contribution is -2.16. The van der Waals surface area contributed by atoms with Gasteiger partial charge in [0.25, 0.3) is 0 Å². The summed E-state index contributed by atoms with van der Waals surface area (Å²) >= 11 is 0. The second kappa shape index (κ2) is 14.5. The summed E-state index contributed by atoms with van der Waals surface area (Å²) in [4.78, 5) is 0. The molecule has 0 heterocycles. The van der Waals surface area contributed by atoms with E-state index in [9.17, 15) is 9.50 Å². The number of hydrogen-bond acceptors (Lipinski definition) is 2. The van der Waals surface area contributed by atoms with Crippen molar-refractivity contribution in [1.82, 2.24) is 0 Å². The monoisotopic (exact) mass is 550 g/mol. The number of unbranched alkanes of at least 4 members (excludes halogenated alkanes) is 1. The molecule has 1 aliphatic rings. The number of aliphatic hydroxyl groups excluding tert-OH is 1. The summed E-state index contributed by atoms with van der Waals surface area (Å²) in [5.74, 6) is -0.830. The molecule has 0 radical (unpaired) electrons. The average Bonchev–Trinajstić information content (AvgIpc) is 2.97. The van der Waals surface area contributed by atoms with E-state index < -0.39 is 17.7 Å². The Labute approximate surface area is 236 Å². The van der Waals surface area contributed by atoms with Gasteiger partial charge in [0.05, 0.1) is 12.7 Å². The summed E-state index contributed by atoms with van der Waals surface area (Å²) in [6.07, 6.45) is 9.51. The molecule has 3 aromatic carbocycles. The molecule has 214 valence electrons. The fourth-order valence-electron chi connectivity index (χ4n) is 5.79. The lowest BCUT2D eigenvalue weighted by atomic mass is 9.76. The first-order chi connectivity index (χ1) is 19.4. The highest BCUT2D eigenvalue weighted by molar-refractivity contribution is 5.65. The Morgan fingerprint density at radius 2 is 1.73 bits per heavy atom. The van der Waals surface area contributed by atoms with Gasteiger partial charge in [-0.3, -0.25) is 0 Å². The van der Waals surface area contributed by atoms with Crippen LogP contribution in [0.1, 0.15) is 93.4 Å². The molecule has 1 unspecified atom stereocenters. The maximum Gasteiger partial charge on any atom is 0.166 e. The highest BCUT2D eigenvalue weighted by atomic mass is 19.2. The van der Waals surface area contributed by atoms with Crippen molar-refractivity contribution in [2.45, 2.75) is 83.2 Å². The summed E-state index contributed by atoms with van der Waals surface area (Å²) < 4.78 is 50.6. The van der Waals surface area contributed by atoms with Crippen LogP contribution >= 0.6 is 0 Å². The van der Waals surface area contributed by atoms with Crippen LogP contribution < -0.4 is 4.74 Å². The van der Waals surface area contributed by atoms with Crippen molar-refractivity contribution in [3.8, 4) is 16.9 Å². The van der Waals surface area contributed by atoms with Crippen molar-refractivity contribution in [2.24, 2.45) is 5.92 Å². The van der Waals surface area contributed by atoms with Gasteiger partial charge >= 0.3 is 0 Å². The number of hydrogen-bond donors (Lipinski definition) is 1. The Hall–Kier alpha value is -3.05. The van der Waals surface area contributed by atoms with Crippen molar-refractivity contribution < 1.29 is 23.0 Å². The molecule has 1 N–H and O–H groups in total. The topological polar surface area (TPSA) is 29.5 Å². The molecule has 3 aromatic rings. The zero-order chi connectivity index (χ0) is 28.5. The summed E-state index contributed by atoms with van der Waals surface area (Å²) in [6, 6.07) is 15.5. The molecule has 1 fully saturated rings. The molecule has 0 saturated heterocycles. The standard InChI is InChI=1S/C35H41F3O2/c1-3-5-6-22-40-29-19-18-27(32(36)23-29)13-10-24-8-11-25(12-9-24)30-20-21-31(35(38)34(30)37)26-14-16-28(17-15-26)33(39)7-4-2/h3,14-21,23-25,33,39H,1,4-13,22H2,2H3. The minimum absolute atomic E-state index is 0.0133. The molecule has 2 nitrogen and oxygen atoms in total. The van der Waals surface area contributed by atoms with E-state index in [1.54, 1.807) is 36.4 Å². The zero-order valence-electron chi connectivity index (χ0n) is 23.5. The van der Waals surface area contributed by atoms with Crippen LogP contribution in [0.4, 0.5) is 13.2 Å². The van der Waals surface area contributed by atoms with Crippen molar-refractivity contribution in [3.63, 3.8) is 0 Å². The second-order valence-corrected chi connectivity index (χ2v) is 11.0. The maximum atomic E-state index is 15.2. The van der Waals surface area contributed by atoms with Gasteiger partial charge < -0.3 is 9.84 Å². The van der Waals surface area contributed by atoms with E-state index in [0.29, 0.717) is 47.8 Å². The van der Waals surface area contributed by atoms with Crippen molar-refractivity contribution in [2.75, 3.05) is 6.61 Å². The van der Waals surface area contributed by atoms with Gasteiger partial charge in [0.2, 0.25) is 0 Å². The molecule has 0 bridgehead atoms. The molecule has 0 aromatic heterocycles. The molecule has 5 heteroatoms. The number of rotatable bonds is 13. The van der Waals surface area contributed by atoms with Crippen LogP contribution in [0.25, 0.3) is 11.1 Å². The molecular weight excluding hydrogens is 509 g/mol. The molecule has 1 saturated carbocycles. The van der Waals surface area contributed by atoms with E-state index in [2.05, 4.69) is 6.58 Å². The first-order valence-electron chi connectivity index (χ1n) is 14.7. The molecule has 1 aliphatic carbocycles. The SMILES string of the molecule is C=CCCCOc1ccc(CCC2CCC(c3ccc(-c4ccc(C(O)CCC)cc4)c(F)c3F)CC2)c(F)c1. The molecule has 0 amide bonds. The predicted octanol–water partition coefficient (Wildman–Crippen LogP) is 9.86. The maximum absolute atomic E-state index is 15.2. The first kappa shape index (κ1) is 29.9. The van der Waals surface area contributed by atoms with Gasteiger partial charge in [-0.15, -0.1) is 6.58 Å². The smallest absolute Gasteiger partial charge is 0.166 e. The van der Waals surface area contributed by atoms with Gasteiger partial charge in [-0.1, -0.05) is 61.9 Å². The quantitative estimate of drug-likeness (QED) is 0.170. The van der Waals surface area contributed by atoms with E-state index in [-0.39, 0.29) is 17.3 Å². The number of aryl methyl sites for hydroxylation is 1. The van der Waals surface area contributed by atoms with Gasteiger partial charge in [-0.25, -0.2) is 13.2 Å². The van der Waals surface area contributed by atoms with Crippen LogP contribution in [0.15, 0.2) is 67.3 Å². The van der Waals surface area contributed by atoms with Crippen molar-refractivity contribution >= 4 is 0 Å². The predicted molar refractivity (Wildman–Crippen MR) is 156 cm³/mol. The van der Waals surface area contributed by atoms with E-state index in [4.69, 9.17) is 4.74 Å². The Morgan fingerprint density at radius 1 is 0.975 bits per heavy atom. The Kier molecular flexibility index (Phi) is 10.9. The summed E-state index contributed by atoms with van der Waals surface area (Å²) in [5.41, 5.74) is 2.76. The van der Waals surface area contributed by atoms with Gasteiger partial charge in [0.1, 0.15) is 11.6 Å². The van der Waals surface area contributed by atoms with E-state index in [1.807, 2.05) is 25.1 Å². The van der Waals surface area contributed by atoms with Crippen LogP contribution in [0.5, 0.6) is 5.75 Å². The minimum atomic E-state index is -0.815. The number of benzene rings is 3. The van der Waals surface area contributed by atoms with Crippen LogP contribution in [0.3, 0.4) is 0 Å². The lowest BCUT2D eigenvalue weighted by Gasteiger charge is -2.29. The largest absolute Gasteiger partial charge is 0.493 e. The summed E-state index contributed by atoms with van der Waals surface area (Å²) in [7, 11) is 0. The average molecular weight is 551 g/mol. The van der Waals surface area contributed by atoms with Crippen molar-refractivity contribution in [1.29, 1.82) is 0 Å². The fourth-order valence-corrected chi connectivity index (χ4v) is 5.79. The fraction of sp³-hybridized carbons (Fsp3) is 0.429. The number of aliphatic hydroxyl groups is 1. The first-order valence-corrected chi connectivity index (χ1v) is 14.7. The van der Waals surface area contributed by atoms with Crippen LogP contribution in [0, 0.1) is 23.4 Å². The van der Waals surface area contributed by atoms with Gasteiger partial charge in [0, 0.05) is 11.6 Å². The van der Waals surface area contributed by atoms with Crippen molar-refractivity contribution in [3.05, 3.63) is 101 Å². The van der Waals surface area contributed by atoms with Gasteiger partial charge in [-0.2, -0.15) is 0 Å². The van der Waals surface area contributed by atoms with Gasteiger partial charge in [-0.05, 0) is 97.9 Å². The molecule has 4 rings (SSSR count). The third-order valence-corrected chi connectivity index (χ3v) is 8.24. The Bertz CT molecular complexity index is 1250. The Balaban J connectivity index is 1.30. The number of allylic oxidation sites excluding steroid dienone is 1. The lowest BCUT2D eigenvalue weighted by molar-refractivity contribution is 0.166. The second-order valence-electron chi connectivity index (χ2n) is 11.0. The summed E-state index contributed by atoms with van der Waals surface area (Å²) in [6.45, 7) is 6.24. The van der Waals surface area contributed by atoms with E-state index in [0.717, 1.165) is 56.9 Å². The van der Waals surface area contributed by atoms with E-state index >= 15 is 8.78 Å². The molecule has 1 atom stereocenters. The molecular formula is C35H41F3O2. The highest BCUT2D eigenvalue weighted by Gasteiger charge is 2.27. The Morgan fingerprint density at radius 3 is 2.40 bits per heavy atom. The third-order valence-electron chi connectivity index (χ3n) is 8.24.